The van der Waals surface area contributed by atoms with Crippen LogP contribution in [0.4, 0.5) is 10.1 Å². The molecule has 1 atom stereocenters. The predicted molar refractivity (Wildman–Crippen MR) is 88.5 cm³/mol. The van der Waals surface area contributed by atoms with Crippen molar-refractivity contribution in [3.05, 3.63) is 33.6 Å². The van der Waals surface area contributed by atoms with Crippen molar-refractivity contribution in [3.63, 3.8) is 0 Å². The molecule has 1 aromatic rings. The van der Waals surface area contributed by atoms with Crippen molar-refractivity contribution in [1.82, 2.24) is 10.2 Å². The standard InChI is InChI=1S/C17H24FN3O3/c18-13-10-14(17(22)15(11-13)21(23)24)16(12-4-2-1-3-5-12)20-8-6-19-7-9-20/h10-12,16,19,22H,1-9H2/t16-/m1/s1. The molecular formula is C17H24FN3O3. The maximum Gasteiger partial charge on any atom is 0.313 e. The van der Waals surface area contributed by atoms with Gasteiger partial charge in [-0.25, -0.2) is 4.39 Å². The number of rotatable bonds is 4. The molecule has 0 spiro atoms. The van der Waals surface area contributed by atoms with Crippen LogP contribution in [0.1, 0.15) is 43.7 Å². The van der Waals surface area contributed by atoms with E-state index in [9.17, 15) is 19.6 Å². The van der Waals surface area contributed by atoms with E-state index in [0.717, 1.165) is 57.9 Å². The third kappa shape index (κ3) is 3.52. The van der Waals surface area contributed by atoms with Gasteiger partial charge in [0.05, 0.1) is 11.0 Å². The second kappa shape index (κ2) is 7.44. The number of nitrogens with zero attached hydrogens (tertiary/aromatic N) is 2. The second-order valence-corrected chi connectivity index (χ2v) is 6.75. The van der Waals surface area contributed by atoms with Crippen LogP contribution < -0.4 is 5.32 Å². The zero-order chi connectivity index (χ0) is 17.1. The lowest BCUT2D eigenvalue weighted by atomic mass is 9.79. The summed E-state index contributed by atoms with van der Waals surface area (Å²) >= 11 is 0. The highest BCUT2D eigenvalue weighted by Crippen LogP contribution is 2.44. The maximum atomic E-state index is 14.0. The fraction of sp³-hybridized carbons (Fsp3) is 0.647. The number of phenolic OH excluding ortho intramolecular Hbond substituents is 1. The van der Waals surface area contributed by atoms with Crippen molar-refractivity contribution in [1.29, 1.82) is 0 Å². The molecular weight excluding hydrogens is 313 g/mol. The zero-order valence-electron chi connectivity index (χ0n) is 13.7. The van der Waals surface area contributed by atoms with E-state index in [2.05, 4.69) is 10.2 Å². The van der Waals surface area contributed by atoms with Crippen LogP contribution in [-0.4, -0.2) is 41.1 Å². The quantitative estimate of drug-likeness (QED) is 0.652. The van der Waals surface area contributed by atoms with Gasteiger partial charge in [0, 0.05) is 37.8 Å². The fourth-order valence-corrected chi connectivity index (χ4v) is 4.13. The van der Waals surface area contributed by atoms with E-state index in [4.69, 9.17) is 0 Å². The predicted octanol–water partition coefficient (Wildman–Crippen LogP) is 2.97. The Kier molecular flexibility index (Phi) is 5.30. The molecule has 1 aliphatic heterocycles. The third-order valence-corrected chi connectivity index (χ3v) is 5.24. The van der Waals surface area contributed by atoms with Crippen molar-refractivity contribution in [2.45, 2.75) is 38.1 Å². The first kappa shape index (κ1) is 17.1. The van der Waals surface area contributed by atoms with Crippen molar-refractivity contribution in [3.8, 4) is 5.75 Å². The van der Waals surface area contributed by atoms with E-state index in [-0.39, 0.29) is 11.8 Å². The summed E-state index contributed by atoms with van der Waals surface area (Å²) in [5, 5.41) is 24.9. The maximum absolute atomic E-state index is 14.0. The van der Waals surface area contributed by atoms with Gasteiger partial charge < -0.3 is 10.4 Å². The number of benzene rings is 1. The normalized spacial score (nSPS) is 21.5. The summed E-state index contributed by atoms with van der Waals surface area (Å²) in [6, 6.07) is 1.92. The molecule has 2 N–H and O–H groups in total. The van der Waals surface area contributed by atoms with Crippen LogP contribution in [0.3, 0.4) is 0 Å². The molecule has 1 aliphatic carbocycles. The Labute approximate surface area is 140 Å². The van der Waals surface area contributed by atoms with E-state index in [1.54, 1.807) is 0 Å². The van der Waals surface area contributed by atoms with Crippen LogP contribution in [0, 0.1) is 21.8 Å². The van der Waals surface area contributed by atoms with E-state index in [1.165, 1.54) is 12.5 Å². The van der Waals surface area contributed by atoms with Gasteiger partial charge in [-0.15, -0.1) is 0 Å². The lowest BCUT2D eigenvalue weighted by Crippen LogP contribution is -2.47. The molecule has 132 valence electrons. The summed E-state index contributed by atoms with van der Waals surface area (Å²) in [6.07, 6.45) is 5.45. The minimum absolute atomic E-state index is 0.165. The molecule has 0 bridgehead atoms. The number of nitrogens with one attached hydrogen (secondary N) is 1. The third-order valence-electron chi connectivity index (χ3n) is 5.24. The van der Waals surface area contributed by atoms with Crippen molar-refractivity contribution >= 4 is 5.69 Å². The smallest absolute Gasteiger partial charge is 0.313 e. The fourth-order valence-electron chi connectivity index (χ4n) is 4.13. The Morgan fingerprint density at radius 1 is 1.25 bits per heavy atom. The molecule has 6 nitrogen and oxygen atoms in total. The van der Waals surface area contributed by atoms with E-state index in [0.29, 0.717) is 11.5 Å². The van der Waals surface area contributed by atoms with Crippen LogP contribution >= 0.6 is 0 Å². The Morgan fingerprint density at radius 3 is 2.54 bits per heavy atom. The first-order valence-electron chi connectivity index (χ1n) is 8.69. The zero-order valence-corrected chi connectivity index (χ0v) is 13.7. The van der Waals surface area contributed by atoms with Gasteiger partial charge in [-0.1, -0.05) is 19.3 Å². The monoisotopic (exact) mass is 337 g/mol. The molecule has 2 aliphatic rings. The van der Waals surface area contributed by atoms with Gasteiger partial charge in [0.1, 0.15) is 5.82 Å². The summed E-state index contributed by atoms with van der Waals surface area (Å²) in [5.74, 6) is -0.745. The molecule has 0 radical (unpaired) electrons. The van der Waals surface area contributed by atoms with Gasteiger partial charge in [0.15, 0.2) is 5.75 Å². The van der Waals surface area contributed by atoms with Gasteiger partial charge in [0.2, 0.25) is 0 Å². The first-order valence-corrected chi connectivity index (χ1v) is 8.69. The summed E-state index contributed by atoms with van der Waals surface area (Å²) in [4.78, 5) is 12.7. The lowest BCUT2D eigenvalue weighted by Gasteiger charge is -2.41. The van der Waals surface area contributed by atoms with E-state index < -0.39 is 16.4 Å². The molecule has 1 saturated carbocycles. The summed E-state index contributed by atoms with van der Waals surface area (Å²) in [6.45, 7) is 3.26. The second-order valence-electron chi connectivity index (χ2n) is 6.75. The molecule has 1 aromatic carbocycles. The van der Waals surface area contributed by atoms with Crippen molar-refractivity contribution in [2.24, 2.45) is 5.92 Å². The minimum atomic E-state index is -0.711. The van der Waals surface area contributed by atoms with Crippen LogP contribution in [0.2, 0.25) is 0 Å². The molecule has 1 heterocycles. The van der Waals surface area contributed by atoms with Crippen molar-refractivity contribution in [2.75, 3.05) is 26.2 Å². The average molecular weight is 337 g/mol. The summed E-state index contributed by atoms with van der Waals surface area (Å²) in [5.41, 5.74) is -0.170. The Bertz CT molecular complexity index is 581. The molecule has 1 saturated heterocycles. The highest BCUT2D eigenvalue weighted by molar-refractivity contribution is 5.52. The van der Waals surface area contributed by atoms with Crippen molar-refractivity contribution < 1.29 is 14.4 Å². The number of halogens is 1. The first-order chi connectivity index (χ1) is 11.6. The van der Waals surface area contributed by atoms with E-state index >= 15 is 0 Å². The van der Waals surface area contributed by atoms with Gasteiger partial charge in [-0.05, 0) is 24.8 Å². The molecule has 0 amide bonds. The number of hydrogen-bond acceptors (Lipinski definition) is 5. The number of nitro groups is 1. The molecule has 0 unspecified atom stereocenters. The molecule has 24 heavy (non-hydrogen) atoms. The Balaban J connectivity index is 2.02. The average Bonchev–Trinajstić information content (AvgIpc) is 2.59. The van der Waals surface area contributed by atoms with Crippen LogP contribution in [0.5, 0.6) is 5.75 Å². The molecule has 7 heteroatoms. The van der Waals surface area contributed by atoms with Gasteiger partial charge in [0.25, 0.3) is 0 Å². The molecule has 0 aromatic heterocycles. The largest absolute Gasteiger partial charge is 0.502 e. The highest BCUT2D eigenvalue weighted by atomic mass is 19.1. The molecule has 3 rings (SSSR count). The summed E-state index contributed by atoms with van der Waals surface area (Å²) in [7, 11) is 0. The number of hydrogen-bond donors (Lipinski definition) is 2. The van der Waals surface area contributed by atoms with Crippen LogP contribution in [0.25, 0.3) is 0 Å². The van der Waals surface area contributed by atoms with Gasteiger partial charge >= 0.3 is 5.69 Å². The van der Waals surface area contributed by atoms with Gasteiger partial charge in [-0.3, -0.25) is 15.0 Å². The number of piperazine rings is 1. The van der Waals surface area contributed by atoms with Gasteiger partial charge in [-0.2, -0.15) is 0 Å². The van der Waals surface area contributed by atoms with Crippen LogP contribution in [0.15, 0.2) is 12.1 Å². The number of aromatic hydroxyl groups is 1. The topological polar surface area (TPSA) is 78.6 Å². The number of phenols is 1. The lowest BCUT2D eigenvalue weighted by molar-refractivity contribution is -0.386. The number of nitro benzene ring substituents is 1. The van der Waals surface area contributed by atoms with E-state index in [1.807, 2.05) is 0 Å². The molecule has 2 fully saturated rings. The SMILES string of the molecule is O=[N+]([O-])c1cc(F)cc([C@@H](C2CCCCC2)N2CCNCC2)c1O. The Morgan fingerprint density at radius 2 is 1.92 bits per heavy atom. The Hall–Kier alpha value is -1.73. The highest BCUT2D eigenvalue weighted by Gasteiger charge is 2.35. The minimum Gasteiger partial charge on any atom is -0.502 e. The van der Waals surface area contributed by atoms with Crippen LogP contribution in [-0.2, 0) is 0 Å². The summed E-state index contributed by atoms with van der Waals surface area (Å²) < 4.78 is 14.0.